The van der Waals surface area contributed by atoms with E-state index < -0.39 is 0 Å². The largest absolute Gasteiger partial charge is 0.465 e. The van der Waals surface area contributed by atoms with E-state index in [0.29, 0.717) is 6.61 Å². The van der Waals surface area contributed by atoms with Crippen LogP contribution in [0.15, 0.2) is 18.3 Å². The van der Waals surface area contributed by atoms with Crippen LogP contribution in [0.5, 0.6) is 0 Å². The molecular weight excluding hydrogens is 266 g/mol. The summed E-state index contributed by atoms with van der Waals surface area (Å²) in [5, 5.41) is 3.22. The average Bonchev–Trinajstić information content (AvgIpc) is 2.49. The number of hydrogen-bond acceptors (Lipinski definition) is 5. The second-order valence-electron chi connectivity index (χ2n) is 5.31. The summed E-state index contributed by atoms with van der Waals surface area (Å²) < 4.78 is 5.21. The van der Waals surface area contributed by atoms with Crippen molar-refractivity contribution in [2.45, 2.75) is 45.7 Å². The van der Waals surface area contributed by atoms with Crippen LogP contribution in [0, 0.1) is 0 Å². The second kappa shape index (κ2) is 7.98. The highest BCUT2D eigenvalue weighted by Gasteiger charge is 2.29. The minimum Gasteiger partial charge on any atom is -0.465 e. The highest BCUT2D eigenvalue weighted by molar-refractivity contribution is 5.75. The van der Waals surface area contributed by atoms with Crippen molar-refractivity contribution in [2.24, 2.45) is 0 Å². The van der Waals surface area contributed by atoms with Crippen LogP contribution < -0.4 is 5.32 Å². The molecule has 1 aromatic rings. The fourth-order valence-corrected chi connectivity index (χ4v) is 2.77. The van der Waals surface area contributed by atoms with E-state index in [9.17, 15) is 4.79 Å². The summed E-state index contributed by atoms with van der Waals surface area (Å²) in [5.74, 6) is 0.804. The average molecular weight is 291 g/mol. The lowest BCUT2D eigenvalue weighted by Gasteiger charge is -2.34. The second-order valence-corrected chi connectivity index (χ2v) is 5.31. The van der Waals surface area contributed by atoms with Gasteiger partial charge in [0, 0.05) is 19.3 Å². The van der Waals surface area contributed by atoms with Crippen molar-refractivity contribution >= 4 is 11.8 Å². The maximum Gasteiger partial charge on any atom is 0.323 e. The zero-order chi connectivity index (χ0) is 15.1. The van der Waals surface area contributed by atoms with Gasteiger partial charge in [-0.3, -0.25) is 9.69 Å². The van der Waals surface area contributed by atoms with Crippen molar-refractivity contribution in [1.29, 1.82) is 0 Å². The van der Waals surface area contributed by atoms with Crippen molar-refractivity contribution in [3.63, 3.8) is 0 Å². The molecule has 1 fully saturated rings. The Morgan fingerprint density at radius 2 is 2.33 bits per heavy atom. The molecule has 0 aliphatic carbocycles. The van der Waals surface area contributed by atoms with E-state index in [1.807, 2.05) is 19.2 Å². The molecule has 5 nitrogen and oxygen atoms in total. The van der Waals surface area contributed by atoms with Gasteiger partial charge in [-0.15, -0.1) is 0 Å². The topological polar surface area (TPSA) is 54.5 Å². The van der Waals surface area contributed by atoms with Crippen molar-refractivity contribution in [2.75, 3.05) is 25.0 Å². The maximum atomic E-state index is 12.1. The van der Waals surface area contributed by atoms with E-state index in [1.54, 1.807) is 0 Å². The predicted molar refractivity (Wildman–Crippen MR) is 83.1 cm³/mol. The number of piperidine rings is 1. The quantitative estimate of drug-likeness (QED) is 0.816. The lowest BCUT2D eigenvalue weighted by Crippen LogP contribution is -2.44. The SMILES string of the molecule is CCNc1cc(CN2CCCCC2C(=O)OCC)ccn1. The molecule has 1 unspecified atom stereocenters. The normalized spacial score (nSPS) is 19.2. The molecular formula is C16H25N3O2. The molecule has 21 heavy (non-hydrogen) atoms. The van der Waals surface area contributed by atoms with E-state index in [-0.39, 0.29) is 12.0 Å². The van der Waals surface area contributed by atoms with Crippen LogP contribution in [0.2, 0.25) is 0 Å². The number of rotatable bonds is 6. The number of carbonyl (C=O) groups is 1. The summed E-state index contributed by atoms with van der Waals surface area (Å²) in [4.78, 5) is 18.6. The Kier molecular flexibility index (Phi) is 5.99. The lowest BCUT2D eigenvalue weighted by molar-refractivity contribution is -0.151. The van der Waals surface area contributed by atoms with Gasteiger partial charge in [-0.2, -0.15) is 0 Å². The van der Waals surface area contributed by atoms with Gasteiger partial charge in [0.2, 0.25) is 0 Å². The van der Waals surface area contributed by atoms with Crippen LogP contribution >= 0.6 is 0 Å². The van der Waals surface area contributed by atoms with E-state index in [4.69, 9.17) is 4.74 Å². The van der Waals surface area contributed by atoms with Gasteiger partial charge in [-0.05, 0) is 50.9 Å². The molecule has 0 radical (unpaired) electrons. The van der Waals surface area contributed by atoms with Crippen molar-refractivity contribution in [1.82, 2.24) is 9.88 Å². The van der Waals surface area contributed by atoms with Crippen LogP contribution in [0.1, 0.15) is 38.7 Å². The summed E-state index contributed by atoms with van der Waals surface area (Å²) in [6, 6.07) is 3.97. The molecule has 0 bridgehead atoms. The number of esters is 1. The number of pyridine rings is 1. The first-order valence-electron chi connectivity index (χ1n) is 7.84. The number of hydrogen-bond donors (Lipinski definition) is 1. The molecule has 0 amide bonds. The van der Waals surface area contributed by atoms with Gasteiger partial charge in [0.25, 0.3) is 0 Å². The molecule has 5 heteroatoms. The predicted octanol–water partition coefficient (Wildman–Crippen LogP) is 2.43. The Morgan fingerprint density at radius 1 is 1.48 bits per heavy atom. The number of nitrogens with zero attached hydrogens (tertiary/aromatic N) is 2. The minimum absolute atomic E-state index is 0.0850. The minimum atomic E-state index is -0.102. The highest BCUT2D eigenvalue weighted by atomic mass is 16.5. The number of ether oxygens (including phenoxy) is 1. The van der Waals surface area contributed by atoms with E-state index in [0.717, 1.165) is 44.7 Å². The Bertz CT molecular complexity index is 465. The van der Waals surface area contributed by atoms with Crippen molar-refractivity contribution in [3.05, 3.63) is 23.9 Å². The Hall–Kier alpha value is -1.62. The molecule has 116 valence electrons. The standard InChI is InChI=1S/C16H25N3O2/c1-3-17-15-11-13(8-9-18-15)12-19-10-6-5-7-14(19)16(20)21-4-2/h8-9,11,14H,3-7,10,12H2,1-2H3,(H,17,18). The van der Waals surface area contributed by atoms with Crippen molar-refractivity contribution < 1.29 is 9.53 Å². The van der Waals surface area contributed by atoms with Crippen molar-refractivity contribution in [3.8, 4) is 0 Å². The van der Waals surface area contributed by atoms with Crippen LogP contribution in [0.25, 0.3) is 0 Å². The Labute approximate surface area is 126 Å². The fraction of sp³-hybridized carbons (Fsp3) is 0.625. The van der Waals surface area contributed by atoms with Crippen LogP contribution in [-0.2, 0) is 16.1 Å². The molecule has 0 saturated carbocycles. The number of aromatic nitrogens is 1. The van der Waals surface area contributed by atoms with Gasteiger partial charge < -0.3 is 10.1 Å². The summed E-state index contributed by atoms with van der Waals surface area (Å²) in [7, 11) is 0. The third-order valence-electron chi connectivity index (χ3n) is 3.74. The van der Waals surface area contributed by atoms with Gasteiger partial charge in [0.05, 0.1) is 6.61 Å². The molecule has 1 aliphatic heterocycles. The molecule has 1 aliphatic rings. The summed E-state index contributed by atoms with van der Waals surface area (Å²) in [5.41, 5.74) is 1.18. The zero-order valence-electron chi connectivity index (χ0n) is 13.0. The van der Waals surface area contributed by atoms with Gasteiger partial charge in [0.1, 0.15) is 11.9 Å². The molecule has 2 heterocycles. The third-order valence-corrected chi connectivity index (χ3v) is 3.74. The number of carbonyl (C=O) groups excluding carboxylic acids is 1. The molecule has 1 saturated heterocycles. The monoisotopic (exact) mass is 291 g/mol. The molecule has 1 atom stereocenters. The summed E-state index contributed by atoms with van der Waals surface area (Å²) >= 11 is 0. The van der Waals surface area contributed by atoms with Crippen LogP contribution in [0.3, 0.4) is 0 Å². The third kappa shape index (κ3) is 4.43. The number of likely N-dealkylation sites (tertiary alicyclic amines) is 1. The molecule has 0 aromatic carbocycles. The van der Waals surface area contributed by atoms with Gasteiger partial charge in [0.15, 0.2) is 0 Å². The van der Waals surface area contributed by atoms with E-state index in [1.165, 1.54) is 5.56 Å². The van der Waals surface area contributed by atoms with Gasteiger partial charge >= 0.3 is 5.97 Å². The molecule has 1 aromatic heterocycles. The van der Waals surface area contributed by atoms with Crippen LogP contribution in [0.4, 0.5) is 5.82 Å². The summed E-state index contributed by atoms with van der Waals surface area (Å²) in [6.45, 7) is 6.92. The van der Waals surface area contributed by atoms with Gasteiger partial charge in [-0.1, -0.05) is 6.42 Å². The number of nitrogens with one attached hydrogen (secondary N) is 1. The smallest absolute Gasteiger partial charge is 0.323 e. The van der Waals surface area contributed by atoms with E-state index >= 15 is 0 Å². The zero-order valence-corrected chi connectivity index (χ0v) is 13.0. The first-order chi connectivity index (χ1) is 10.2. The highest BCUT2D eigenvalue weighted by Crippen LogP contribution is 2.21. The molecule has 2 rings (SSSR count). The van der Waals surface area contributed by atoms with Crippen LogP contribution in [-0.4, -0.2) is 41.6 Å². The molecule has 0 spiro atoms. The first kappa shape index (κ1) is 15.8. The first-order valence-corrected chi connectivity index (χ1v) is 7.84. The lowest BCUT2D eigenvalue weighted by atomic mass is 10.0. The van der Waals surface area contributed by atoms with E-state index in [2.05, 4.69) is 28.2 Å². The molecule has 1 N–H and O–H groups in total. The fourth-order valence-electron chi connectivity index (χ4n) is 2.77. The van der Waals surface area contributed by atoms with Gasteiger partial charge in [-0.25, -0.2) is 4.98 Å². The Morgan fingerprint density at radius 3 is 3.10 bits per heavy atom. The Balaban J connectivity index is 2.04. The maximum absolute atomic E-state index is 12.1. The number of anilines is 1. The summed E-state index contributed by atoms with van der Waals surface area (Å²) in [6.07, 6.45) is 4.95.